The number of nitrogens with one attached hydrogen (secondary N) is 1. The molecule has 0 aliphatic heterocycles. The molecule has 1 aromatic carbocycles. The van der Waals surface area contributed by atoms with Gasteiger partial charge in [0.1, 0.15) is 5.82 Å². The second-order valence-electron chi connectivity index (χ2n) is 6.66. The Morgan fingerprint density at radius 2 is 1.90 bits per heavy atom. The molecule has 0 spiro atoms. The molecule has 2 rings (SSSR count). The Labute approximate surface area is 126 Å². The summed E-state index contributed by atoms with van der Waals surface area (Å²) in [5.41, 5.74) is 0.961. The van der Waals surface area contributed by atoms with Crippen molar-refractivity contribution in [3.05, 3.63) is 29.0 Å². The van der Waals surface area contributed by atoms with Crippen molar-refractivity contribution in [3.8, 4) is 0 Å². The van der Waals surface area contributed by atoms with Crippen molar-refractivity contribution in [2.75, 3.05) is 5.32 Å². The van der Waals surface area contributed by atoms with Gasteiger partial charge in [-0.2, -0.15) is 0 Å². The maximum Gasteiger partial charge on any atom is 0.146 e. The summed E-state index contributed by atoms with van der Waals surface area (Å²) < 4.78 is 13.7. The molecule has 0 saturated heterocycles. The third-order valence-electron chi connectivity index (χ3n) is 5.03. The van der Waals surface area contributed by atoms with E-state index in [4.69, 9.17) is 11.6 Å². The highest BCUT2D eigenvalue weighted by molar-refractivity contribution is 6.30. The van der Waals surface area contributed by atoms with Crippen molar-refractivity contribution >= 4 is 17.3 Å². The first-order valence-electron chi connectivity index (χ1n) is 7.64. The van der Waals surface area contributed by atoms with Gasteiger partial charge in [0, 0.05) is 11.1 Å². The lowest BCUT2D eigenvalue weighted by Crippen LogP contribution is -2.32. The number of anilines is 1. The van der Waals surface area contributed by atoms with Crippen LogP contribution in [0.15, 0.2) is 18.2 Å². The molecule has 1 aliphatic carbocycles. The number of hydrogen-bond acceptors (Lipinski definition) is 1. The molecule has 0 radical (unpaired) electrons. The van der Waals surface area contributed by atoms with E-state index >= 15 is 0 Å². The normalized spacial score (nSPS) is 23.6. The van der Waals surface area contributed by atoms with E-state index in [1.807, 2.05) is 0 Å². The smallest absolute Gasteiger partial charge is 0.146 e. The second-order valence-corrected chi connectivity index (χ2v) is 7.10. The summed E-state index contributed by atoms with van der Waals surface area (Å²) in [5.74, 6) is 0.570. The fourth-order valence-electron chi connectivity index (χ4n) is 3.14. The minimum atomic E-state index is -0.217. The van der Waals surface area contributed by atoms with Crippen LogP contribution in [0.25, 0.3) is 0 Å². The molecule has 1 aliphatic rings. The first kappa shape index (κ1) is 15.6. The van der Waals surface area contributed by atoms with Gasteiger partial charge in [0.15, 0.2) is 0 Å². The van der Waals surface area contributed by atoms with Crippen LogP contribution in [0.4, 0.5) is 10.1 Å². The highest BCUT2D eigenvalue weighted by Crippen LogP contribution is 2.41. The van der Waals surface area contributed by atoms with Crippen LogP contribution >= 0.6 is 11.6 Å². The van der Waals surface area contributed by atoms with E-state index in [9.17, 15) is 4.39 Å². The fourth-order valence-corrected chi connectivity index (χ4v) is 3.31. The number of hydrogen-bond donors (Lipinski definition) is 1. The third kappa shape index (κ3) is 3.66. The zero-order valence-corrected chi connectivity index (χ0v) is 13.4. The van der Waals surface area contributed by atoms with E-state index in [1.54, 1.807) is 12.1 Å². The lowest BCUT2D eigenvalue weighted by Gasteiger charge is -2.39. The van der Waals surface area contributed by atoms with E-state index in [0.717, 1.165) is 18.8 Å². The number of rotatable bonds is 4. The lowest BCUT2D eigenvalue weighted by molar-refractivity contribution is 0.147. The molecule has 3 heteroatoms. The first-order chi connectivity index (χ1) is 9.42. The predicted octanol–water partition coefficient (Wildman–Crippen LogP) is 5.89. The van der Waals surface area contributed by atoms with Gasteiger partial charge >= 0.3 is 0 Å². The average Bonchev–Trinajstić information content (AvgIpc) is 2.43. The fraction of sp³-hybridized carbons (Fsp3) is 0.647. The second kappa shape index (κ2) is 6.34. The monoisotopic (exact) mass is 297 g/mol. The Bertz CT molecular complexity index is 450. The van der Waals surface area contributed by atoms with E-state index in [2.05, 4.69) is 26.1 Å². The largest absolute Gasteiger partial charge is 0.380 e. The first-order valence-corrected chi connectivity index (χ1v) is 8.01. The number of benzene rings is 1. The highest BCUT2D eigenvalue weighted by atomic mass is 35.5. The SMILES string of the molecule is CCC(C)(C)C1CCC(Nc2cc(Cl)ccc2F)CC1. The molecule has 1 fully saturated rings. The standard InChI is InChI=1S/C17H25ClFN/c1-4-17(2,3)12-5-8-14(9-6-12)20-16-11-13(18)7-10-15(16)19/h7,10-12,14,20H,4-6,8-9H2,1-3H3. The van der Waals surface area contributed by atoms with Gasteiger partial charge in [-0.1, -0.05) is 38.8 Å². The van der Waals surface area contributed by atoms with Gasteiger partial charge in [-0.25, -0.2) is 4.39 Å². The predicted molar refractivity (Wildman–Crippen MR) is 84.9 cm³/mol. The molecule has 0 heterocycles. The van der Waals surface area contributed by atoms with E-state index in [-0.39, 0.29) is 5.82 Å². The van der Waals surface area contributed by atoms with Crippen LogP contribution in [0.1, 0.15) is 52.9 Å². The van der Waals surface area contributed by atoms with Crippen LogP contribution in [0, 0.1) is 17.2 Å². The molecular formula is C17H25ClFN. The maximum absolute atomic E-state index is 13.7. The molecule has 1 aromatic rings. The molecule has 0 atom stereocenters. The van der Waals surface area contributed by atoms with Gasteiger partial charge in [0.2, 0.25) is 0 Å². The van der Waals surface area contributed by atoms with Crippen LogP contribution in [0.2, 0.25) is 5.02 Å². The third-order valence-corrected chi connectivity index (χ3v) is 5.27. The van der Waals surface area contributed by atoms with Crippen LogP contribution in [0.5, 0.6) is 0 Å². The quantitative estimate of drug-likeness (QED) is 0.731. The van der Waals surface area contributed by atoms with Gasteiger partial charge in [-0.3, -0.25) is 0 Å². The molecule has 1 N–H and O–H groups in total. The summed E-state index contributed by atoms with van der Waals surface area (Å²) in [6.45, 7) is 7.00. The van der Waals surface area contributed by atoms with Crippen molar-refractivity contribution in [2.24, 2.45) is 11.3 Å². The molecule has 20 heavy (non-hydrogen) atoms. The average molecular weight is 298 g/mol. The summed E-state index contributed by atoms with van der Waals surface area (Å²) in [6, 6.07) is 5.06. The summed E-state index contributed by atoms with van der Waals surface area (Å²) in [5, 5.41) is 3.90. The van der Waals surface area contributed by atoms with Crippen molar-refractivity contribution in [1.82, 2.24) is 0 Å². The molecule has 112 valence electrons. The minimum Gasteiger partial charge on any atom is -0.380 e. The Balaban J connectivity index is 1.93. The summed E-state index contributed by atoms with van der Waals surface area (Å²) in [4.78, 5) is 0. The molecule has 0 amide bonds. The van der Waals surface area contributed by atoms with E-state index in [1.165, 1.54) is 25.3 Å². The molecular weight excluding hydrogens is 273 g/mol. The zero-order valence-electron chi connectivity index (χ0n) is 12.7. The van der Waals surface area contributed by atoms with Gasteiger partial charge in [-0.05, 0) is 55.2 Å². The minimum absolute atomic E-state index is 0.217. The van der Waals surface area contributed by atoms with Crippen LogP contribution in [-0.2, 0) is 0 Å². The van der Waals surface area contributed by atoms with Crippen molar-refractivity contribution in [1.29, 1.82) is 0 Å². The Morgan fingerprint density at radius 3 is 2.50 bits per heavy atom. The maximum atomic E-state index is 13.7. The van der Waals surface area contributed by atoms with E-state index < -0.39 is 0 Å². The van der Waals surface area contributed by atoms with Crippen LogP contribution < -0.4 is 5.32 Å². The van der Waals surface area contributed by atoms with Gasteiger partial charge in [0.05, 0.1) is 5.69 Å². The molecule has 0 aromatic heterocycles. The zero-order chi connectivity index (χ0) is 14.8. The summed E-state index contributed by atoms with van der Waals surface area (Å²) in [7, 11) is 0. The van der Waals surface area contributed by atoms with Crippen LogP contribution in [0.3, 0.4) is 0 Å². The Kier molecular flexibility index (Phi) is 4.95. The summed E-state index contributed by atoms with van der Waals surface area (Å²) >= 11 is 5.93. The molecule has 1 saturated carbocycles. The van der Waals surface area contributed by atoms with Gasteiger partial charge < -0.3 is 5.32 Å². The Morgan fingerprint density at radius 1 is 1.25 bits per heavy atom. The van der Waals surface area contributed by atoms with Gasteiger partial charge in [0.25, 0.3) is 0 Å². The highest BCUT2D eigenvalue weighted by Gasteiger charge is 2.31. The Hall–Kier alpha value is -0.760. The van der Waals surface area contributed by atoms with Gasteiger partial charge in [-0.15, -0.1) is 0 Å². The van der Waals surface area contributed by atoms with Crippen LogP contribution in [-0.4, -0.2) is 6.04 Å². The van der Waals surface area contributed by atoms with Crippen molar-refractivity contribution in [2.45, 2.75) is 58.9 Å². The van der Waals surface area contributed by atoms with E-state index in [0.29, 0.717) is 22.2 Å². The molecule has 0 unspecified atom stereocenters. The summed E-state index contributed by atoms with van der Waals surface area (Å²) in [6.07, 6.45) is 5.89. The molecule has 1 nitrogen and oxygen atoms in total. The lowest BCUT2D eigenvalue weighted by atomic mass is 9.69. The number of halogens is 2. The molecule has 0 bridgehead atoms. The topological polar surface area (TPSA) is 12.0 Å². The van der Waals surface area contributed by atoms with Crippen molar-refractivity contribution in [3.63, 3.8) is 0 Å². The van der Waals surface area contributed by atoms with Crippen molar-refractivity contribution < 1.29 is 4.39 Å².